The number of nitrogens with zero attached hydrogens (tertiary/aromatic N) is 2. The van der Waals surface area contributed by atoms with Crippen LogP contribution in [0.4, 0.5) is 5.69 Å². The van der Waals surface area contributed by atoms with E-state index in [4.69, 9.17) is 4.42 Å². The first-order valence-corrected chi connectivity index (χ1v) is 11.0. The Morgan fingerprint density at radius 2 is 1.78 bits per heavy atom. The molecule has 0 bridgehead atoms. The topological polar surface area (TPSA) is 79.5 Å². The molecule has 6 nitrogen and oxygen atoms in total. The summed E-state index contributed by atoms with van der Waals surface area (Å²) in [6.07, 6.45) is 3.17. The van der Waals surface area contributed by atoms with Gasteiger partial charge in [0.2, 0.25) is 11.7 Å². The maximum Gasteiger partial charge on any atom is 0.287 e. The fourth-order valence-corrected chi connectivity index (χ4v) is 4.39. The summed E-state index contributed by atoms with van der Waals surface area (Å²) in [5.41, 5.74) is 3.97. The number of amides is 1. The predicted molar refractivity (Wildman–Crippen MR) is 126 cm³/mol. The normalized spacial score (nSPS) is 13.4. The number of oxazole rings is 1. The Balaban J connectivity index is 1.42. The van der Waals surface area contributed by atoms with Crippen LogP contribution in [0.5, 0.6) is 0 Å². The highest BCUT2D eigenvalue weighted by Gasteiger charge is 2.25. The molecule has 0 spiro atoms. The summed E-state index contributed by atoms with van der Waals surface area (Å²) in [5.74, 6) is 0.290. The Morgan fingerprint density at radius 1 is 1.00 bits per heavy atom. The molecule has 0 fully saturated rings. The second kappa shape index (κ2) is 9.11. The highest BCUT2D eigenvalue weighted by atomic mass is 32.2. The number of rotatable bonds is 6. The van der Waals surface area contributed by atoms with E-state index in [0.717, 1.165) is 27.3 Å². The van der Waals surface area contributed by atoms with Gasteiger partial charge in [-0.1, -0.05) is 66.7 Å². The fourth-order valence-electron chi connectivity index (χ4n) is 3.68. The third-order valence-electron chi connectivity index (χ3n) is 5.21. The van der Waals surface area contributed by atoms with Crippen LogP contribution in [0, 0.1) is 0 Å². The number of carbonyl (C=O) groups excluding carboxylic acids is 1. The van der Waals surface area contributed by atoms with Gasteiger partial charge in [-0.05, 0) is 40.8 Å². The van der Waals surface area contributed by atoms with Crippen LogP contribution in [-0.4, -0.2) is 23.3 Å². The molecule has 0 saturated heterocycles. The standard InChI is InChI=1S/C25H20N4O2S/c30-24(23-28-21-12-6-7-13-22(21)32-29-23)27-16-20(25-26-14-15-31-25)19-11-5-4-10-18(19)17-8-2-1-3-9-17/h1-15,20H,16H2,(H,27,30)(H,28,29). The number of benzene rings is 3. The van der Waals surface area contributed by atoms with Gasteiger partial charge in [-0.3, -0.25) is 4.79 Å². The van der Waals surface area contributed by atoms with Gasteiger partial charge < -0.3 is 14.5 Å². The summed E-state index contributed by atoms with van der Waals surface area (Å²) in [4.78, 5) is 22.7. The van der Waals surface area contributed by atoms with E-state index in [1.54, 1.807) is 12.5 Å². The molecule has 5 rings (SSSR count). The fraction of sp³-hybridized carbons (Fsp3) is 0.0800. The predicted octanol–water partition coefficient (Wildman–Crippen LogP) is 4.93. The van der Waals surface area contributed by atoms with Crippen molar-refractivity contribution in [3.05, 3.63) is 103 Å². The van der Waals surface area contributed by atoms with Crippen LogP contribution in [0.3, 0.4) is 0 Å². The number of hydrogen-bond acceptors (Lipinski definition) is 6. The maximum absolute atomic E-state index is 12.9. The van der Waals surface area contributed by atoms with Gasteiger partial charge in [0, 0.05) is 6.54 Å². The summed E-state index contributed by atoms with van der Waals surface area (Å²) >= 11 is 1.38. The zero-order valence-corrected chi connectivity index (χ0v) is 17.9. The number of carbonyl (C=O) groups is 1. The molecular weight excluding hydrogens is 420 g/mol. The Kier molecular flexibility index (Phi) is 5.72. The van der Waals surface area contributed by atoms with Crippen molar-refractivity contribution in [1.29, 1.82) is 0 Å². The van der Waals surface area contributed by atoms with E-state index in [0.29, 0.717) is 12.4 Å². The van der Waals surface area contributed by atoms with Crippen molar-refractivity contribution in [3.63, 3.8) is 0 Å². The van der Waals surface area contributed by atoms with Crippen molar-refractivity contribution in [2.75, 3.05) is 6.54 Å². The molecule has 3 aromatic carbocycles. The Labute approximate surface area is 189 Å². The zero-order chi connectivity index (χ0) is 21.8. The van der Waals surface area contributed by atoms with Crippen LogP contribution in [-0.2, 0) is 4.79 Å². The number of fused-ring (bicyclic) bond motifs is 1. The average Bonchev–Trinajstić information content (AvgIpc) is 3.39. The van der Waals surface area contributed by atoms with Gasteiger partial charge in [0.05, 0.1) is 22.7 Å². The smallest absolute Gasteiger partial charge is 0.287 e. The molecule has 2 N–H and O–H groups in total. The van der Waals surface area contributed by atoms with E-state index in [-0.39, 0.29) is 17.7 Å². The minimum absolute atomic E-state index is 0.255. The molecule has 0 radical (unpaired) electrons. The molecule has 1 unspecified atom stereocenters. The average molecular weight is 441 g/mol. The number of hydrogen-bond donors (Lipinski definition) is 2. The number of aromatic nitrogens is 1. The summed E-state index contributed by atoms with van der Waals surface area (Å²) in [6, 6.07) is 26.0. The molecule has 2 heterocycles. The van der Waals surface area contributed by atoms with Crippen molar-refractivity contribution in [1.82, 2.24) is 15.0 Å². The SMILES string of the molecule is O=C(NCC(c1ncco1)c1ccccc1-c1ccccc1)C1=Nc2ccccc2SN1. The summed E-state index contributed by atoms with van der Waals surface area (Å²) in [6.45, 7) is 0.316. The Morgan fingerprint density at radius 3 is 2.62 bits per heavy atom. The summed E-state index contributed by atoms with van der Waals surface area (Å²) < 4.78 is 8.68. The van der Waals surface area contributed by atoms with Crippen molar-refractivity contribution >= 4 is 29.4 Å². The molecule has 1 atom stereocenters. The molecule has 4 aromatic rings. The van der Waals surface area contributed by atoms with Crippen LogP contribution in [0.15, 0.2) is 106 Å². The molecule has 32 heavy (non-hydrogen) atoms. The molecule has 1 aliphatic heterocycles. The van der Waals surface area contributed by atoms with Gasteiger partial charge in [-0.2, -0.15) is 0 Å². The highest BCUT2D eigenvalue weighted by molar-refractivity contribution is 7.98. The van der Waals surface area contributed by atoms with Gasteiger partial charge in [-0.15, -0.1) is 0 Å². The first-order chi connectivity index (χ1) is 15.8. The number of aliphatic imine (C=N–C) groups is 1. The van der Waals surface area contributed by atoms with E-state index in [1.807, 2.05) is 60.7 Å². The lowest BCUT2D eigenvalue weighted by Gasteiger charge is -2.20. The molecule has 1 amide bonds. The minimum Gasteiger partial charge on any atom is -0.448 e. The lowest BCUT2D eigenvalue weighted by Crippen LogP contribution is -2.40. The van der Waals surface area contributed by atoms with Crippen molar-refractivity contribution < 1.29 is 9.21 Å². The summed E-state index contributed by atoms with van der Waals surface area (Å²) in [5, 5.41) is 3.00. The van der Waals surface area contributed by atoms with Crippen LogP contribution in [0.25, 0.3) is 11.1 Å². The van der Waals surface area contributed by atoms with Gasteiger partial charge >= 0.3 is 0 Å². The molecule has 1 aromatic heterocycles. The molecule has 1 aliphatic rings. The molecule has 7 heteroatoms. The van der Waals surface area contributed by atoms with Gasteiger partial charge in [0.1, 0.15) is 6.26 Å². The largest absolute Gasteiger partial charge is 0.448 e. The van der Waals surface area contributed by atoms with Gasteiger partial charge in [-0.25, -0.2) is 9.98 Å². The highest BCUT2D eigenvalue weighted by Crippen LogP contribution is 2.33. The molecule has 0 saturated carbocycles. The minimum atomic E-state index is -0.277. The second-order valence-corrected chi connectivity index (χ2v) is 8.07. The van der Waals surface area contributed by atoms with E-state index in [2.05, 4.69) is 38.2 Å². The monoisotopic (exact) mass is 440 g/mol. The van der Waals surface area contributed by atoms with Crippen LogP contribution < -0.4 is 10.0 Å². The lowest BCUT2D eigenvalue weighted by molar-refractivity contribution is -0.115. The molecule has 158 valence electrons. The second-order valence-electron chi connectivity index (χ2n) is 7.22. The number of nitrogens with one attached hydrogen (secondary N) is 2. The Hall–Kier alpha value is -3.84. The van der Waals surface area contributed by atoms with E-state index >= 15 is 0 Å². The zero-order valence-electron chi connectivity index (χ0n) is 17.1. The first kappa shape index (κ1) is 20.1. The van der Waals surface area contributed by atoms with Gasteiger partial charge in [0.15, 0.2) is 0 Å². The van der Waals surface area contributed by atoms with Crippen LogP contribution >= 0.6 is 11.9 Å². The molecule has 0 aliphatic carbocycles. The maximum atomic E-state index is 12.9. The van der Waals surface area contributed by atoms with Gasteiger partial charge in [0.25, 0.3) is 5.91 Å². The van der Waals surface area contributed by atoms with Crippen LogP contribution in [0.2, 0.25) is 0 Å². The van der Waals surface area contributed by atoms with E-state index in [9.17, 15) is 4.79 Å². The van der Waals surface area contributed by atoms with Crippen molar-refractivity contribution in [2.24, 2.45) is 4.99 Å². The Bertz CT molecular complexity index is 1260. The number of para-hydroxylation sites is 1. The third-order valence-corrected chi connectivity index (χ3v) is 6.07. The lowest BCUT2D eigenvalue weighted by atomic mass is 9.90. The first-order valence-electron chi connectivity index (χ1n) is 10.2. The van der Waals surface area contributed by atoms with E-state index in [1.165, 1.54) is 11.9 Å². The van der Waals surface area contributed by atoms with Crippen molar-refractivity contribution in [3.8, 4) is 11.1 Å². The quantitative estimate of drug-likeness (QED) is 0.416. The van der Waals surface area contributed by atoms with Crippen LogP contribution in [0.1, 0.15) is 17.4 Å². The van der Waals surface area contributed by atoms with E-state index < -0.39 is 0 Å². The summed E-state index contributed by atoms with van der Waals surface area (Å²) in [7, 11) is 0. The number of amidine groups is 1. The van der Waals surface area contributed by atoms with Crippen molar-refractivity contribution in [2.45, 2.75) is 10.8 Å². The third kappa shape index (κ3) is 4.15. The molecular formula is C25H20N4O2S.